The van der Waals surface area contributed by atoms with Crippen LogP contribution in [0.4, 0.5) is 0 Å². The molecule has 0 rings (SSSR count). The molecule has 2 atom stereocenters. The summed E-state index contributed by atoms with van der Waals surface area (Å²) in [6.07, 6.45) is 26.0. The van der Waals surface area contributed by atoms with E-state index in [4.69, 9.17) is 15.6 Å². The summed E-state index contributed by atoms with van der Waals surface area (Å²) in [4.78, 5) is 22.3. The Hall–Kier alpha value is -1.10. The number of ether oxygens (including phenoxy) is 1. The van der Waals surface area contributed by atoms with E-state index in [2.05, 4.69) is 6.92 Å². The number of carbonyl (C=O) groups excluding carboxylic acids is 1. The molecule has 0 aliphatic rings. The third-order valence-electron chi connectivity index (χ3n) is 6.23. The molecule has 0 radical (unpaired) electrons. The summed E-state index contributed by atoms with van der Waals surface area (Å²) in [6.45, 7) is 4.13. The zero-order valence-corrected chi connectivity index (χ0v) is 21.3. The number of unbranched alkanes of at least 4 members (excludes halogenated alkanes) is 18. The molecule has 32 heavy (non-hydrogen) atoms. The average Bonchev–Trinajstić information content (AvgIpc) is 2.74. The van der Waals surface area contributed by atoms with E-state index in [1.165, 1.54) is 109 Å². The fraction of sp³-hybridized carbons (Fsp3) is 0.926. The number of rotatable bonds is 24. The van der Waals surface area contributed by atoms with Gasteiger partial charge in [-0.05, 0) is 19.8 Å². The summed E-state index contributed by atoms with van der Waals surface area (Å²) in [5.74, 6) is -1.70. The van der Waals surface area contributed by atoms with E-state index in [0.717, 1.165) is 19.3 Å². The molecule has 0 fully saturated rings. The Morgan fingerprint density at radius 1 is 0.688 bits per heavy atom. The average molecular weight is 456 g/mol. The second-order valence-corrected chi connectivity index (χ2v) is 9.60. The highest BCUT2D eigenvalue weighted by molar-refractivity contribution is 5.81. The molecule has 0 bridgehead atoms. The lowest BCUT2D eigenvalue weighted by atomic mass is 10.0. The molecule has 0 spiro atoms. The Balaban J connectivity index is 3.28. The summed E-state index contributed by atoms with van der Waals surface area (Å²) in [6, 6.07) is -1.07. The van der Waals surface area contributed by atoms with E-state index >= 15 is 0 Å². The summed E-state index contributed by atoms with van der Waals surface area (Å²) in [7, 11) is 0. The SMILES string of the molecule is CCCCCCCCCCCCCCCCCCCCCC(C)OC(=O)[C@@H](N)CC(=O)O. The third kappa shape index (κ3) is 22.1. The molecule has 0 aliphatic heterocycles. The molecule has 0 aromatic heterocycles. The maximum absolute atomic E-state index is 11.7. The number of esters is 1. The van der Waals surface area contributed by atoms with Crippen LogP contribution in [0.1, 0.15) is 149 Å². The van der Waals surface area contributed by atoms with Gasteiger partial charge in [-0.15, -0.1) is 0 Å². The summed E-state index contributed by atoms with van der Waals surface area (Å²) in [5, 5.41) is 8.66. The molecular formula is C27H53NO4. The van der Waals surface area contributed by atoms with Crippen molar-refractivity contribution in [3.63, 3.8) is 0 Å². The maximum atomic E-state index is 11.7. The van der Waals surface area contributed by atoms with Crippen LogP contribution in [-0.4, -0.2) is 29.2 Å². The lowest BCUT2D eigenvalue weighted by molar-refractivity contribution is -0.153. The van der Waals surface area contributed by atoms with Crippen LogP contribution in [0.2, 0.25) is 0 Å². The number of carboxylic acids is 1. The van der Waals surface area contributed by atoms with Crippen molar-refractivity contribution < 1.29 is 19.4 Å². The zero-order valence-electron chi connectivity index (χ0n) is 21.3. The largest absolute Gasteiger partial charge is 0.481 e. The number of carboxylic acid groups (broad SMARTS) is 1. The highest BCUT2D eigenvalue weighted by Crippen LogP contribution is 2.15. The van der Waals surface area contributed by atoms with Crippen LogP contribution >= 0.6 is 0 Å². The Labute approximate surface area is 198 Å². The second kappa shape index (κ2) is 23.1. The van der Waals surface area contributed by atoms with Crippen molar-refractivity contribution in [1.82, 2.24) is 0 Å². The molecule has 3 N–H and O–H groups in total. The molecule has 190 valence electrons. The molecule has 0 amide bonds. The number of hydrogen-bond acceptors (Lipinski definition) is 4. The van der Waals surface area contributed by atoms with Crippen molar-refractivity contribution >= 4 is 11.9 Å². The van der Waals surface area contributed by atoms with E-state index in [0.29, 0.717) is 0 Å². The van der Waals surface area contributed by atoms with Gasteiger partial charge in [0.1, 0.15) is 6.04 Å². The fourth-order valence-electron chi connectivity index (χ4n) is 4.13. The minimum Gasteiger partial charge on any atom is -0.481 e. The van der Waals surface area contributed by atoms with Crippen molar-refractivity contribution in [1.29, 1.82) is 0 Å². The predicted molar refractivity (Wildman–Crippen MR) is 134 cm³/mol. The standard InChI is InChI=1S/C27H53NO4/c1-3-4-5-6-7-8-9-10-11-12-13-14-15-16-17-18-19-20-21-22-24(2)32-27(31)25(28)23-26(29)30/h24-25H,3-23,28H2,1-2H3,(H,29,30)/t24?,25-/m0/s1. The van der Waals surface area contributed by atoms with E-state index in [1.807, 2.05) is 6.92 Å². The van der Waals surface area contributed by atoms with Crippen LogP contribution < -0.4 is 5.73 Å². The Kier molecular flexibility index (Phi) is 22.3. The van der Waals surface area contributed by atoms with Gasteiger partial charge < -0.3 is 15.6 Å². The van der Waals surface area contributed by atoms with Crippen LogP contribution in [0, 0.1) is 0 Å². The summed E-state index contributed by atoms with van der Waals surface area (Å²) in [5.41, 5.74) is 5.51. The van der Waals surface area contributed by atoms with Gasteiger partial charge in [-0.1, -0.05) is 122 Å². The first kappa shape index (κ1) is 30.9. The molecule has 0 saturated carbocycles. The number of nitrogens with two attached hydrogens (primary N) is 1. The number of carbonyl (C=O) groups is 2. The van der Waals surface area contributed by atoms with Gasteiger partial charge in [-0.25, -0.2) is 0 Å². The predicted octanol–water partition coefficient (Wildman–Crippen LogP) is 7.54. The van der Waals surface area contributed by atoms with E-state index in [1.54, 1.807) is 0 Å². The lowest BCUT2D eigenvalue weighted by Crippen LogP contribution is -2.36. The normalized spacial score (nSPS) is 13.1. The molecule has 0 heterocycles. The molecule has 0 aromatic carbocycles. The van der Waals surface area contributed by atoms with E-state index < -0.39 is 18.0 Å². The van der Waals surface area contributed by atoms with Crippen molar-refractivity contribution in [2.24, 2.45) is 5.73 Å². The van der Waals surface area contributed by atoms with E-state index in [-0.39, 0.29) is 12.5 Å². The van der Waals surface area contributed by atoms with Gasteiger partial charge in [0.25, 0.3) is 0 Å². The van der Waals surface area contributed by atoms with Crippen molar-refractivity contribution in [2.45, 2.75) is 161 Å². The first-order valence-corrected chi connectivity index (χ1v) is 13.6. The van der Waals surface area contributed by atoms with Crippen molar-refractivity contribution in [2.75, 3.05) is 0 Å². The van der Waals surface area contributed by atoms with E-state index in [9.17, 15) is 9.59 Å². The first-order valence-electron chi connectivity index (χ1n) is 13.6. The molecule has 0 aromatic rings. The van der Waals surface area contributed by atoms with Crippen LogP contribution in [0.15, 0.2) is 0 Å². The topological polar surface area (TPSA) is 89.6 Å². The third-order valence-corrected chi connectivity index (χ3v) is 6.23. The Morgan fingerprint density at radius 2 is 1.03 bits per heavy atom. The molecule has 5 nitrogen and oxygen atoms in total. The van der Waals surface area contributed by atoms with Gasteiger partial charge in [0.2, 0.25) is 0 Å². The first-order chi connectivity index (χ1) is 15.5. The highest BCUT2D eigenvalue weighted by Gasteiger charge is 2.20. The van der Waals surface area contributed by atoms with Crippen LogP contribution in [0.3, 0.4) is 0 Å². The number of hydrogen-bond donors (Lipinski definition) is 2. The molecule has 0 saturated heterocycles. The quantitative estimate of drug-likeness (QED) is 0.116. The van der Waals surface area contributed by atoms with Gasteiger partial charge in [0.05, 0.1) is 12.5 Å². The zero-order chi connectivity index (χ0) is 23.9. The molecule has 5 heteroatoms. The van der Waals surface area contributed by atoms with Gasteiger partial charge >= 0.3 is 11.9 Å². The maximum Gasteiger partial charge on any atom is 0.323 e. The van der Waals surface area contributed by atoms with Gasteiger partial charge in [0.15, 0.2) is 0 Å². The second-order valence-electron chi connectivity index (χ2n) is 9.60. The monoisotopic (exact) mass is 455 g/mol. The van der Waals surface area contributed by atoms with Crippen molar-refractivity contribution in [3.8, 4) is 0 Å². The number of aliphatic carboxylic acids is 1. The molecule has 0 aliphatic carbocycles. The van der Waals surface area contributed by atoms with Gasteiger partial charge in [-0.3, -0.25) is 9.59 Å². The lowest BCUT2D eigenvalue weighted by Gasteiger charge is -2.15. The Morgan fingerprint density at radius 3 is 1.38 bits per heavy atom. The van der Waals surface area contributed by atoms with Gasteiger partial charge in [-0.2, -0.15) is 0 Å². The molecule has 1 unspecified atom stereocenters. The van der Waals surface area contributed by atoms with Gasteiger partial charge in [0, 0.05) is 0 Å². The minimum absolute atomic E-state index is 0.201. The van der Waals surface area contributed by atoms with Crippen molar-refractivity contribution in [3.05, 3.63) is 0 Å². The fourth-order valence-corrected chi connectivity index (χ4v) is 4.13. The summed E-state index contributed by atoms with van der Waals surface area (Å²) < 4.78 is 5.22. The Bertz CT molecular complexity index is 441. The van der Waals surface area contributed by atoms with Crippen LogP contribution in [0.25, 0.3) is 0 Å². The smallest absolute Gasteiger partial charge is 0.323 e. The van der Waals surface area contributed by atoms with Crippen LogP contribution in [0.5, 0.6) is 0 Å². The molecular weight excluding hydrogens is 402 g/mol. The van der Waals surface area contributed by atoms with Crippen LogP contribution in [-0.2, 0) is 14.3 Å². The summed E-state index contributed by atoms with van der Waals surface area (Å²) >= 11 is 0. The minimum atomic E-state index is -1.08. The highest BCUT2D eigenvalue weighted by atomic mass is 16.5.